The molecule has 1 aliphatic heterocycles. The molecule has 4 rings (SSSR count). The van der Waals surface area contributed by atoms with Gasteiger partial charge in [0.05, 0.1) is 12.4 Å². The predicted molar refractivity (Wildman–Crippen MR) is 115 cm³/mol. The number of nitrogens with one attached hydrogen (secondary N) is 2. The summed E-state index contributed by atoms with van der Waals surface area (Å²) in [6.45, 7) is 2.73. The first-order chi connectivity index (χ1) is 14.3. The van der Waals surface area contributed by atoms with E-state index in [0.29, 0.717) is 18.1 Å². The van der Waals surface area contributed by atoms with E-state index in [4.69, 9.17) is 0 Å². The Hall–Kier alpha value is -3.41. The van der Waals surface area contributed by atoms with Crippen LogP contribution < -0.4 is 15.5 Å². The molecule has 0 radical (unpaired) electrons. The smallest absolute Gasteiger partial charge is 0.271 e. The molecule has 0 unspecified atom stereocenters. The molecule has 0 saturated carbocycles. The van der Waals surface area contributed by atoms with Crippen molar-refractivity contribution < 1.29 is 4.79 Å². The number of aromatic nitrogens is 2. The zero-order valence-electron chi connectivity index (χ0n) is 16.3. The third-order valence-corrected chi connectivity index (χ3v) is 5.04. The van der Waals surface area contributed by atoms with Crippen molar-refractivity contribution in [1.29, 1.82) is 0 Å². The third kappa shape index (κ3) is 5.10. The minimum absolute atomic E-state index is 0.237. The summed E-state index contributed by atoms with van der Waals surface area (Å²) in [4.78, 5) is 23.2. The number of carbonyl (C=O) groups excluding carboxylic acids is 1. The summed E-state index contributed by atoms with van der Waals surface area (Å²) in [6.07, 6.45) is 6.93. The van der Waals surface area contributed by atoms with Crippen molar-refractivity contribution in [2.75, 3.05) is 23.3 Å². The number of hydrogen-bond acceptors (Lipinski definition) is 5. The molecule has 0 aliphatic carbocycles. The summed E-state index contributed by atoms with van der Waals surface area (Å²) >= 11 is 0. The Morgan fingerprint density at radius 1 is 0.897 bits per heavy atom. The highest BCUT2D eigenvalue weighted by Crippen LogP contribution is 2.23. The van der Waals surface area contributed by atoms with E-state index >= 15 is 0 Å². The van der Waals surface area contributed by atoms with Crippen LogP contribution >= 0.6 is 0 Å². The largest absolute Gasteiger partial charge is 0.372 e. The number of hydrogen-bond donors (Lipinski definition) is 2. The topological polar surface area (TPSA) is 70.2 Å². The number of amides is 1. The van der Waals surface area contributed by atoms with Gasteiger partial charge in [0.1, 0.15) is 11.5 Å². The summed E-state index contributed by atoms with van der Waals surface area (Å²) in [7, 11) is 0. The molecule has 6 nitrogen and oxygen atoms in total. The van der Waals surface area contributed by atoms with Crippen LogP contribution in [-0.2, 0) is 6.54 Å². The zero-order valence-corrected chi connectivity index (χ0v) is 16.3. The number of piperidine rings is 1. The summed E-state index contributed by atoms with van der Waals surface area (Å²) in [5.41, 5.74) is 3.54. The second-order valence-electron chi connectivity index (χ2n) is 7.17. The second kappa shape index (κ2) is 9.19. The molecule has 2 heterocycles. The molecule has 148 valence electrons. The second-order valence-corrected chi connectivity index (χ2v) is 7.17. The van der Waals surface area contributed by atoms with Crippen molar-refractivity contribution in [3.05, 3.63) is 78.2 Å². The molecule has 1 fully saturated rings. The van der Waals surface area contributed by atoms with Crippen molar-refractivity contribution >= 4 is 23.1 Å². The quantitative estimate of drug-likeness (QED) is 0.665. The number of benzene rings is 2. The maximum atomic E-state index is 12.2. The first-order valence-electron chi connectivity index (χ1n) is 10.0. The molecule has 1 aliphatic rings. The van der Waals surface area contributed by atoms with Crippen LogP contribution in [0.25, 0.3) is 0 Å². The lowest BCUT2D eigenvalue weighted by molar-refractivity contribution is 0.0945. The number of nitrogens with zero attached hydrogens (tertiary/aromatic N) is 3. The van der Waals surface area contributed by atoms with Crippen molar-refractivity contribution in [3.63, 3.8) is 0 Å². The van der Waals surface area contributed by atoms with Crippen LogP contribution in [0.15, 0.2) is 67.0 Å². The van der Waals surface area contributed by atoms with E-state index in [1.807, 2.05) is 42.5 Å². The molecule has 29 heavy (non-hydrogen) atoms. The fourth-order valence-corrected chi connectivity index (χ4v) is 3.43. The van der Waals surface area contributed by atoms with Gasteiger partial charge in [0.25, 0.3) is 5.91 Å². The number of carbonyl (C=O) groups is 1. The van der Waals surface area contributed by atoms with Gasteiger partial charge in [0.15, 0.2) is 0 Å². The first kappa shape index (κ1) is 18.9. The van der Waals surface area contributed by atoms with Crippen molar-refractivity contribution in [2.45, 2.75) is 25.8 Å². The molecule has 0 atom stereocenters. The normalized spacial score (nSPS) is 13.7. The highest BCUT2D eigenvalue weighted by atomic mass is 16.1. The van der Waals surface area contributed by atoms with E-state index in [1.54, 1.807) is 6.20 Å². The number of anilines is 3. The Morgan fingerprint density at radius 3 is 2.34 bits per heavy atom. The van der Waals surface area contributed by atoms with Crippen LogP contribution in [0.3, 0.4) is 0 Å². The third-order valence-electron chi connectivity index (χ3n) is 5.04. The van der Waals surface area contributed by atoms with E-state index in [1.165, 1.54) is 31.1 Å². The Kier molecular flexibility index (Phi) is 6.00. The molecule has 1 saturated heterocycles. The highest BCUT2D eigenvalue weighted by Gasteiger charge is 2.11. The van der Waals surface area contributed by atoms with Gasteiger partial charge in [-0.15, -0.1) is 0 Å². The van der Waals surface area contributed by atoms with Crippen molar-refractivity contribution in [1.82, 2.24) is 15.3 Å². The average Bonchev–Trinajstić information content (AvgIpc) is 2.80. The minimum atomic E-state index is -0.237. The van der Waals surface area contributed by atoms with Crippen LogP contribution in [0.1, 0.15) is 35.3 Å². The van der Waals surface area contributed by atoms with Gasteiger partial charge in [-0.1, -0.05) is 30.3 Å². The fourth-order valence-electron chi connectivity index (χ4n) is 3.43. The van der Waals surface area contributed by atoms with Crippen LogP contribution in [-0.4, -0.2) is 29.0 Å². The highest BCUT2D eigenvalue weighted by molar-refractivity contribution is 5.92. The Balaban J connectivity index is 1.32. The molecular weight excluding hydrogens is 362 g/mol. The Bertz CT molecular complexity index is 920. The lowest BCUT2D eigenvalue weighted by atomic mass is 10.1. The van der Waals surface area contributed by atoms with E-state index < -0.39 is 0 Å². The van der Waals surface area contributed by atoms with Gasteiger partial charge in [-0.25, -0.2) is 9.97 Å². The van der Waals surface area contributed by atoms with Gasteiger partial charge in [-0.2, -0.15) is 0 Å². The van der Waals surface area contributed by atoms with Crippen LogP contribution in [0, 0.1) is 0 Å². The minimum Gasteiger partial charge on any atom is -0.372 e. The van der Waals surface area contributed by atoms with E-state index in [9.17, 15) is 4.79 Å². The Morgan fingerprint density at radius 2 is 1.66 bits per heavy atom. The molecular formula is C23H25N5O. The van der Waals surface area contributed by atoms with Crippen LogP contribution in [0.5, 0.6) is 0 Å². The molecule has 3 aromatic rings. The zero-order chi connectivity index (χ0) is 19.9. The lowest BCUT2D eigenvalue weighted by Gasteiger charge is -2.28. The van der Waals surface area contributed by atoms with Gasteiger partial charge in [-0.05, 0) is 49.1 Å². The van der Waals surface area contributed by atoms with Crippen molar-refractivity contribution in [2.24, 2.45) is 0 Å². The van der Waals surface area contributed by atoms with Gasteiger partial charge in [0.2, 0.25) is 0 Å². The summed E-state index contributed by atoms with van der Waals surface area (Å²) < 4.78 is 0. The standard InChI is InChI=1S/C23H25N5O/c29-23(26-15-18-7-3-1-4-8-18)21-16-25-22(17-24-21)27-19-9-11-20(12-10-19)28-13-5-2-6-14-28/h1,3-4,7-12,16-17H,2,5-6,13-15H2,(H,25,27)(H,26,29). The van der Waals surface area contributed by atoms with E-state index in [2.05, 4.69) is 37.6 Å². The molecule has 1 amide bonds. The summed E-state index contributed by atoms with van der Waals surface area (Å²) in [5, 5.41) is 6.09. The summed E-state index contributed by atoms with van der Waals surface area (Å²) in [5.74, 6) is 0.370. The SMILES string of the molecule is O=C(NCc1ccccc1)c1cnc(Nc2ccc(N3CCCCC3)cc2)cn1. The first-order valence-corrected chi connectivity index (χ1v) is 10.0. The molecule has 0 spiro atoms. The molecule has 2 N–H and O–H groups in total. The lowest BCUT2D eigenvalue weighted by Crippen LogP contribution is -2.29. The van der Waals surface area contributed by atoms with Crippen molar-refractivity contribution in [3.8, 4) is 0 Å². The molecule has 6 heteroatoms. The van der Waals surface area contributed by atoms with E-state index in [0.717, 1.165) is 24.3 Å². The van der Waals surface area contributed by atoms with Gasteiger partial charge in [0, 0.05) is 31.0 Å². The van der Waals surface area contributed by atoms with Crippen LogP contribution in [0.2, 0.25) is 0 Å². The maximum absolute atomic E-state index is 12.2. The number of rotatable bonds is 6. The fraction of sp³-hybridized carbons (Fsp3) is 0.261. The monoisotopic (exact) mass is 387 g/mol. The van der Waals surface area contributed by atoms with Gasteiger partial charge >= 0.3 is 0 Å². The Labute approximate surface area is 171 Å². The molecule has 2 aromatic carbocycles. The molecule has 1 aromatic heterocycles. The average molecular weight is 387 g/mol. The van der Waals surface area contributed by atoms with Crippen LogP contribution in [0.4, 0.5) is 17.2 Å². The van der Waals surface area contributed by atoms with E-state index in [-0.39, 0.29) is 5.91 Å². The summed E-state index contributed by atoms with van der Waals surface area (Å²) in [6, 6.07) is 18.1. The molecule has 0 bridgehead atoms. The van der Waals surface area contributed by atoms with Gasteiger partial charge in [-0.3, -0.25) is 4.79 Å². The maximum Gasteiger partial charge on any atom is 0.271 e. The predicted octanol–water partition coefficient (Wildman–Crippen LogP) is 4.14. The van der Waals surface area contributed by atoms with Gasteiger partial charge < -0.3 is 15.5 Å².